The first-order valence-electron chi connectivity index (χ1n) is 5.34. The van der Waals surface area contributed by atoms with Gasteiger partial charge in [-0.1, -0.05) is 0 Å². The third-order valence-corrected chi connectivity index (χ3v) is 3.98. The van der Waals surface area contributed by atoms with Gasteiger partial charge >= 0.3 is 102 Å². The second-order valence-corrected chi connectivity index (χ2v) is 5.88. The van der Waals surface area contributed by atoms with Crippen LogP contribution in [0, 0.1) is 0 Å². The van der Waals surface area contributed by atoms with Gasteiger partial charge in [-0.15, -0.1) is 0 Å². The van der Waals surface area contributed by atoms with Crippen LogP contribution in [0.2, 0.25) is 5.32 Å². The van der Waals surface area contributed by atoms with Gasteiger partial charge in [-0.3, -0.25) is 0 Å². The Hall–Kier alpha value is -1.12. The topological polar surface area (TPSA) is 36.8 Å². The van der Waals surface area contributed by atoms with Crippen LogP contribution in [-0.2, 0) is 0 Å². The van der Waals surface area contributed by atoms with E-state index in [1.807, 2.05) is 18.2 Å². The molecule has 1 heterocycles. The zero-order valence-electron chi connectivity index (χ0n) is 9.47. The number of hydrogen-bond donors (Lipinski definition) is 1. The molecular weight excluding hydrogens is 265 g/mol. The summed E-state index contributed by atoms with van der Waals surface area (Å²) in [5.74, 6) is 0. The van der Waals surface area contributed by atoms with Crippen LogP contribution in [0.15, 0.2) is 40.4 Å². The number of amidine groups is 1. The van der Waals surface area contributed by atoms with Crippen molar-refractivity contribution in [2.24, 2.45) is 10.1 Å². The molecular formula is C12H15N3Se. The monoisotopic (exact) mass is 281 g/mol. The summed E-state index contributed by atoms with van der Waals surface area (Å²) < 4.78 is 1.06. The quantitative estimate of drug-likeness (QED) is 0.825. The summed E-state index contributed by atoms with van der Waals surface area (Å²) >= 11 is 0.386. The van der Waals surface area contributed by atoms with E-state index in [4.69, 9.17) is 0 Å². The molecule has 16 heavy (non-hydrogen) atoms. The van der Waals surface area contributed by atoms with Gasteiger partial charge < -0.3 is 0 Å². The van der Waals surface area contributed by atoms with Crippen LogP contribution in [0.4, 0.5) is 0 Å². The Morgan fingerprint density at radius 2 is 2.06 bits per heavy atom. The maximum absolute atomic E-state index is 4.49. The van der Waals surface area contributed by atoms with E-state index >= 15 is 0 Å². The number of aliphatic imine (C=N–C) groups is 1. The molecule has 2 rings (SSSR count). The molecule has 0 aromatic heterocycles. The summed E-state index contributed by atoms with van der Waals surface area (Å²) in [6.45, 7) is 4.17. The van der Waals surface area contributed by atoms with Crippen molar-refractivity contribution in [3.8, 4) is 0 Å². The summed E-state index contributed by atoms with van der Waals surface area (Å²) in [6, 6.07) is 10.7. The van der Waals surface area contributed by atoms with Crippen molar-refractivity contribution >= 4 is 25.4 Å². The normalized spacial score (nSPS) is 18.4. The van der Waals surface area contributed by atoms with Crippen LogP contribution in [0.3, 0.4) is 0 Å². The maximum atomic E-state index is 4.49. The Morgan fingerprint density at radius 1 is 1.31 bits per heavy atom. The molecule has 84 valence electrons. The van der Waals surface area contributed by atoms with E-state index in [9.17, 15) is 0 Å². The Bertz CT molecular complexity index is 410. The van der Waals surface area contributed by atoms with Gasteiger partial charge in [0.05, 0.1) is 0 Å². The van der Waals surface area contributed by atoms with Crippen LogP contribution in [0.25, 0.3) is 0 Å². The SMILES string of the molecule is CC(C)N=C1NN=C(c2ccccc2)C[Se]1. The third kappa shape index (κ3) is 2.94. The van der Waals surface area contributed by atoms with E-state index in [2.05, 4.69) is 41.5 Å². The second kappa shape index (κ2) is 5.28. The van der Waals surface area contributed by atoms with Crippen molar-refractivity contribution in [2.45, 2.75) is 25.2 Å². The minimum atomic E-state index is 0.345. The molecule has 0 atom stereocenters. The van der Waals surface area contributed by atoms with Crippen LogP contribution in [0.1, 0.15) is 19.4 Å². The molecule has 0 unspecified atom stereocenters. The molecule has 4 heteroatoms. The molecule has 0 radical (unpaired) electrons. The van der Waals surface area contributed by atoms with Gasteiger partial charge in [0.1, 0.15) is 0 Å². The summed E-state index contributed by atoms with van der Waals surface area (Å²) in [5.41, 5.74) is 5.42. The second-order valence-electron chi connectivity index (χ2n) is 3.85. The van der Waals surface area contributed by atoms with Crippen LogP contribution in [-0.4, -0.2) is 31.4 Å². The first-order valence-corrected chi connectivity index (χ1v) is 7.41. The van der Waals surface area contributed by atoms with Crippen LogP contribution < -0.4 is 5.43 Å². The van der Waals surface area contributed by atoms with E-state index in [1.54, 1.807) is 0 Å². The number of benzene rings is 1. The van der Waals surface area contributed by atoms with E-state index in [1.165, 1.54) is 5.56 Å². The molecule has 0 saturated heterocycles. The molecule has 3 nitrogen and oxygen atoms in total. The van der Waals surface area contributed by atoms with E-state index < -0.39 is 0 Å². The summed E-state index contributed by atoms with van der Waals surface area (Å²) in [4.78, 5) is 4.49. The third-order valence-electron chi connectivity index (χ3n) is 2.11. The molecule has 0 bridgehead atoms. The number of nitrogens with one attached hydrogen (secondary N) is 1. The van der Waals surface area contributed by atoms with Gasteiger partial charge in [0.2, 0.25) is 0 Å². The first kappa shape index (κ1) is 11.4. The molecule has 0 aliphatic carbocycles. The van der Waals surface area contributed by atoms with Crippen molar-refractivity contribution in [3.63, 3.8) is 0 Å². The van der Waals surface area contributed by atoms with Crippen molar-refractivity contribution in [2.75, 3.05) is 0 Å². The van der Waals surface area contributed by atoms with Crippen molar-refractivity contribution < 1.29 is 0 Å². The fourth-order valence-electron chi connectivity index (χ4n) is 1.40. The van der Waals surface area contributed by atoms with Crippen LogP contribution >= 0.6 is 0 Å². The zero-order valence-corrected chi connectivity index (χ0v) is 11.2. The fraction of sp³-hybridized carbons (Fsp3) is 0.333. The Labute approximate surface area is 102 Å². The van der Waals surface area contributed by atoms with Gasteiger partial charge in [0, 0.05) is 0 Å². The fourth-order valence-corrected chi connectivity index (χ4v) is 3.28. The Morgan fingerprint density at radius 3 is 2.62 bits per heavy atom. The number of hydrazone groups is 1. The van der Waals surface area contributed by atoms with Crippen LogP contribution in [0.5, 0.6) is 0 Å². The van der Waals surface area contributed by atoms with Crippen molar-refractivity contribution in [1.82, 2.24) is 5.43 Å². The molecule has 0 spiro atoms. The molecule has 0 fully saturated rings. The standard InChI is InChI=1S/C12H15N3Se/c1-9(2)13-12-15-14-11(8-16-12)10-6-4-3-5-7-10/h3-7,9H,8H2,1-2H3,(H,13,15). The molecule has 0 amide bonds. The number of rotatable bonds is 2. The van der Waals surface area contributed by atoms with Crippen molar-refractivity contribution in [1.29, 1.82) is 0 Å². The molecule has 1 aliphatic rings. The Balaban J connectivity index is 2.10. The van der Waals surface area contributed by atoms with E-state index in [0.717, 1.165) is 15.8 Å². The molecule has 1 aliphatic heterocycles. The molecule has 1 N–H and O–H groups in total. The summed E-state index contributed by atoms with van der Waals surface area (Å²) in [7, 11) is 0. The van der Waals surface area contributed by atoms with Gasteiger partial charge in [-0.05, 0) is 0 Å². The minimum absolute atomic E-state index is 0.345. The van der Waals surface area contributed by atoms with Crippen molar-refractivity contribution in [3.05, 3.63) is 35.9 Å². The summed E-state index contributed by atoms with van der Waals surface area (Å²) in [5, 5.41) is 5.41. The zero-order chi connectivity index (χ0) is 11.4. The van der Waals surface area contributed by atoms with Gasteiger partial charge in [0.15, 0.2) is 0 Å². The number of hydrogen-bond acceptors (Lipinski definition) is 2. The molecule has 1 aromatic carbocycles. The Kier molecular flexibility index (Phi) is 3.75. The molecule has 1 aromatic rings. The van der Waals surface area contributed by atoms with E-state index in [0.29, 0.717) is 21.0 Å². The van der Waals surface area contributed by atoms with E-state index in [-0.39, 0.29) is 0 Å². The predicted molar refractivity (Wildman–Crippen MR) is 69.2 cm³/mol. The number of nitrogens with zero attached hydrogens (tertiary/aromatic N) is 2. The predicted octanol–water partition coefficient (Wildman–Crippen LogP) is 1.88. The molecule has 0 saturated carbocycles. The average molecular weight is 280 g/mol. The first-order chi connectivity index (χ1) is 7.75. The van der Waals surface area contributed by atoms with Gasteiger partial charge in [-0.2, -0.15) is 0 Å². The van der Waals surface area contributed by atoms with Gasteiger partial charge in [0.25, 0.3) is 0 Å². The average Bonchev–Trinajstić information content (AvgIpc) is 2.30. The summed E-state index contributed by atoms with van der Waals surface area (Å²) in [6.07, 6.45) is 0. The van der Waals surface area contributed by atoms with Gasteiger partial charge in [-0.25, -0.2) is 0 Å².